The van der Waals surface area contributed by atoms with E-state index in [0.717, 1.165) is 44.5 Å². The normalized spacial score (nSPS) is 15.3. The Bertz CT molecular complexity index is 493. The molecule has 0 aromatic heterocycles. The highest BCUT2D eigenvalue weighted by Gasteiger charge is 2.15. The van der Waals surface area contributed by atoms with E-state index in [1.54, 1.807) is 11.8 Å². The van der Waals surface area contributed by atoms with Crippen LogP contribution in [0.25, 0.3) is 0 Å². The molecular formula is C18H26N2O2S. The van der Waals surface area contributed by atoms with Crippen LogP contribution < -0.4 is 5.32 Å². The molecule has 1 fully saturated rings. The van der Waals surface area contributed by atoms with Crippen molar-refractivity contribution in [2.75, 3.05) is 25.4 Å². The molecule has 1 heterocycles. The Balaban J connectivity index is 1.53. The van der Waals surface area contributed by atoms with Crippen LogP contribution in [0.5, 0.6) is 0 Å². The lowest BCUT2D eigenvalue weighted by Crippen LogP contribution is -2.34. The van der Waals surface area contributed by atoms with Crippen LogP contribution in [-0.2, 0) is 9.59 Å². The van der Waals surface area contributed by atoms with E-state index in [0.29, 0.717) is 19.4 Å². The number of carbonyl (C=O) groups is 2. The van der Waals surface area contributed by atoms with Crippen LogP contribution in [0, 0.1) is 0 Å². The largest absolute Gasteiger partial charge is 0.356 e. The predicted octanol–water partition coefficient (Wildman–Crippen LogP) is 3.08. The average molecular weight is 334 g/mol. The number of nitrogens with zero attached hydrogens (tertiary/aromatic N) is 1. The Labute approximate surface area is 143 Å². The van der Waals surface area contributed by atoms with E-state index in [-0.39, 0.29) is 11.8 Å². The number of nitrogens with one attached hydrogen (secondary N) is 1. The molecule has 1 aromatic carbocycles. The van der Waals surface area contributed by atoms with E-state index in [1.165, 1.54) is 4.90 Å². The fourth-order valence-corrected chi connectivity index (χ4v) is 3.51. The molecule has 0 saturated carbocycles. The van der Waals surface area contributed by atoms with Crippen molar-refractivity contribution < 1.29 is 9.59 Å². The summed E-state index contributed by atoms with van der Waals surface area (Å²) in [6.07, 6.45) is 5.33. The van der Waals surface area contributed by atoms with Gasteiger partial charge in [-0.05, 0) is 31.4 Å². The van der Waals surface area contributed by atoms with Gasteiger partial charge in [-0.3, -0.25) is 9.59 Å². The summed E-state index contributed by atoms with van der Waals surface area (Å²) in [4.78, 5) is 26.8. The minimum atomic E-state index is 0.0932. The number of carbonyl (C=O) groups excluding carboxylic acids is 2. The quantitative estimate of drug-likeness (QED) is 0.587. The Morgan fingerprint density at radius 3 is 2.83 bits per heavy atom. The van der Waals surface area contributed by atoms with Crippen molar-refractivity contribution in [1.29, 1.82) is 0 Å². The lowest BCUT2D eigenvalue weighted by atomic mass is 10.2. The number of hydrogen-bond acceptors (Lipinski definition) is 3. The molecule has 0 radical (unpaired) electrons. The standard InChI is InChI=1S/C18H26N2O2S/c21-17(11-15-23-16-8-3-1-4-9-16)19-12-7-14-20-13-6-2-5-10-18(20)22/h1,3-4,8-9H,2,5-7,10-15H2,(H,19,21). The van der Waals surface area contributed by atoms with E-state index >= 15 is 0 Å². The van der Waals surface area contributed by atoms with E-state index in [2.05, 4.69) is 17.4 Å². The predicted molar refractivity (Wildman–Crippen MR) is 94.5 cm³/mol. The number of hydrogen-bond donors (Lipinski definition) is 1. The molecule has 23 heavy (non-hydrogen) atoms. The average Bonchev–Trinajstić information content (AvgIpc) is 2.77. The van der Waals surface area contributed by atoms with Crippen LogP contribution in [-0.4, -0.2) is 42.1 Å². The van der Waals surface area contributed by atoms with E-state index in [4.69, 9.17) is 0 Å². The fourth-order valence-electron chi connectivity index (χ4n) is 2.64. The number of rotatable bonds is 8. The first kappa shape index (κ1) is 17.9. The topological polar surface area (TPSA) is 49.4 Å². The van der Waals surface area contributed by atoms with Gasteiger partial charge in [0.2, 0.25) is 11.8 Å². The molecule has 2 amide bonds. The smallest absolute Gasteiger partial charge is 0.222 e. The summed E-state index contributed by atoms with van der Waals surface area (Å²) in [5.41, 5.74) is 0. The van der Waals surface area contributed by atoms with Gasteiger partial charge >= 0.3 is 0 Å². The first-order valence-corrected chi connectivity index (χ1v) is 9.46. The van der Waals surface area contributed by atoms with Gasteiger partial charge in [0, 0.05) is 43.1 Å². The zero-order chi connectivity index (χ0) is 16.3. The first-order chi connectivity index (χ1) is 11.3. The van der Waals surface area contributed by atoms with Crippen LogP contribution in [0.3, 0.4) is 0 Å². The minimum absolute atomic E-state index is 0.0932. The molecular weight excluding hydrogens is 308 g/mol. The summed E-state index contributed by atoms with van der Waals surface area (Å²) < 4.78 is 0. The molecule has 2 rings (SSSR count). The molecule has 4 nitrogen and oxygen atoms in total. The third-order valence-corrected chi connectivity index (χ3v) is 4.95. The number of benzene rings is 1. The maximum absolute atomic E-state index is 11.9. The molecule has 0 spiro atoms. The molecule has 1 N–H and O–H groups in total. The molecule has 126 valence electrons. The van der Waals surface area contributed by atoms with Crippen molar-refractivity contribution >= 4 is 23.6 Å². The molecule has 0 aliphatic carbocycles. The second kappa shape index (κ2) is 10.3. The second-order valence-corrected chi connectivity index (χ2v) is 6.97. The molecule has 0 atom stereocenters. The lowest BCUT2D eigenvalue weighted by molar-refractivity contribution is -0.130. The summed E-state index contributed by atoms with van der Waals surface area (Å²) >= 11 is 1.70. The van der Waals surface area contributed by atoms with Gasteiger partial charge in [-0.15, -0.1) is 11.8 Å². The van der Waals surface area contributed by atoms with Crippen LogP contribution in [0.2, 0.25) is 0 Å². The summed E-state index contributed by atoms with van der Waals surface area (Å²) in [7, 11) is 0. The van der Waals surface area contributed by atoms with Gasteiger partial charge in [0.1, 0.15) is 0 Å². The molecule has 5 heteroatoms. The second-order valence-electron chi connectivity index (χ2n) is 5.81. The molecule has 0 unspecified atom stereocenters. The van der Waals surface area contributed by atoms with Gasteiger partial charge in [0.05, 0.1) is 0 Å². The van der Waals surface area contributed by atoms with Crippen molar-refractivity contribution in [1.82, 2.24) is 10.2 Å². The molecule has 1 aromatic rings. The Hall–Kier alpha value is -1.49. The van der Waals surface area contributed by atoms with E-state index in [1.807, 2.05) is 23.1 Å². The summed E-state index contributed by atoms with van der Waals surface area (Å²) in [5.74, 6) is 1.16. The number of amides is 2. The van der Waals surface area contributed by atoms with Gasteiger partial charge in [0.25, 0.3) is 0 Å². The van der Waals surface area contributed by atoms with E-state index < -0.39 is 0 Å². The van der Waals surface area contributed by atoms with Gasteiger partial charge in [-0.1, -0.05) is 24.6 Å². The fraction of sp³-hybridized carbons (Fsp3) is 0.556. The third-order valence-electron chi connectivity index (χ3n) is 3.94. The molecule has 1 saturated heterocycles. The van der Waals surface area contributed by atoms with Gasteiger partial charge in [-0.25, -0.2) is 0 Å². The van der Waals surface area contributed by atoms with Crippen molar-refractivity contribution in [3.05, 3.63) is 30.3 Å². The zero-order valence-corrected chi connectivity index (χ0v) is 14.4. The van der Waals surface area contributed by atoms with Crippen molar-refractivity contribution in [2.24, 2.45) is 0 Å². The van der Waals surface area contributed by atoms with Crippen molar-refractivity contribution in [3.63, 3.8) is 0 Å². The van der Waals surface area contributed by atoms with Gasteiger partial charge in [0.15, 0.2) is 0 Å². The maximum atomic E-state index is 11.9. The van der Waals surface area contributed by atoms with Crippen LogP contribution in [0.15, 0.2) is 35.2 Å². The minimum Gasteiger partial charge on any atom is -0.356 e. The first-order valence-electron chi connectivity index (χ1n) is 8.48. The zero-order valence-electron chi connectivity index (χ0n) is 13.6. The van der Waals surface area contributed by atoms with Crippen molar-refractivity contribution in [3.8, 4) is 0 Å². The maximum Gasteiger partial charge on any atom is 0.222 e. The lowest BCUT2D eigenvalue weighted by Gasteiger charge is -2.20. The van der Waals surface area contributed by atoms with Gasteiger partial charge < -0.3 is 10.2 Å². The monoisotopic (exact) mass is 334 g/mol. The SMILES string of the molecule is O=C(CCSc1ccccc1)NCCCN1CCCCCC1=O. The Kier molecular flexibility index (Phi) is 8.01. The molecule has 1 aliphatic heterocycles. The Morgan fingerprint density at radius 2 is 2.00 bits per heavy atom. The van der Waals surface area contributed by atoms with Crippen LogP contribution in [0.4, 0.5) is 0 Å². The van der Waals surface area contributed by atoms with Gasteiger partial charge in [-0.2, -0.15) is 0 Å². The van der Waals surface area contributed by atoms with E-state index in [9.17, 15) is 9.59 Å². The summed E-state index contributed by atoms with van der Waals surface area (Å²) in [6.45, 7) is 2.29. The highest BCUT2D eigenvalue weighted by molar-refractivity contribution is 7.99. The highest BCUT2D eigenvalue weighted by Crippen LogP contribution is 2.17. The number of thioether (sulfide) groups is 1. The molecule has 0 bridgehead atoms. The highest BCUT2D eigenvalue weighted by atomic mass is 32.2. The van der Waals surface area contributed by atoms with Crippen LogP contribution >= 0.6 is 11.8 Å². The third kappa shape index (κ3) is 7.08. The van der Waals surface area contributed by atoms with Crippen LogP contribution in [0.1, 0.15) is 38.5 Å². The summed E-state index contributed by atoms with van der Waals surface area (Å²) in [5, 5.41) is 2.95. The Morgan fingerprint density at radius 1 is 1.17 bits per heavy atom. The number of likely N-dealkylation sites (tertiary alicyclic amines) is 1. The molecule has 1 aliphatic rings. The van der Waals surface area contributed by atoms with Crippen molar-refractivity contribution in [2.45, 2.75) is 43.4 Å². The summed E-state index contributed by atoms with van der Waals surface area (Å²) in [6, 6.07) is 10.1.